The Morgan fingerprint density at radius 1 is 1.16 bits per heavy atom. The molecule has 1 unspecified atom stereocenters. The van der Waals surface area contributed by atoms with E-state index in [0.717, 1.165) is 27.7 Å². The average molecular weight is 347 g/mol. The molecule has 0 fully saturated rings. The maximum absolute atomic E-state index is 13.3. The Morgan fingerprint density at radius 3 is 2.42 bits per heavy atom. The third-order valence-corrected chi connectivity index (χ3v) is 4.13. The molecule has 0 bridgehead atoms. The number of hydrogen-bond donors (Lipinski definition) is 1. The van der Waals surface area contributed by atoms with E-state index in [1.165, 1.54) is 0 Å². The van der Waals surface area contributed by atoms with Crippen molar-refractivity contribution in [1.82, 2.24) is 0 Å². The highest BCUT2D eigenvalue weighted by molar-refractivity contribution is 9.10. The van der Waals surface area contributed by atoms with Crippen LogP contribution in [0.1, 0.15) is 22.7 Å². The summed E-state index contributed by atoms with van der Waals surface area (Å²) >= 11 is 9.32. The smallest absolute Gasteiger partial charge is 0.160 e. The fourth-order valence-corrected chi connectivity index (χ4v) is 2.33. The molecule has 0 heterocycles. The first-order chi connectivity index (χ1) is 8.90. The van der Waals surface area contributed by atoms with Crippen LogP contribution >= 0.6 is 27.5 Å². The van der Waals surface area contributed by atoms with Crippen molar-refractivity contribution in [2.24, 2.45) is 5.73 Å². The molecule has 2 aromatic carbocycles. The van der Waals surface area contributed by atoms with E-state index in [-0.39, 0.29) is 5.02 Å². The van der Waals surface area contributed by atoms with Crippen molar-refractivity contribution >= 4 is 27.5 Å². The third kappa shape index (κ3) is 2.96. The molecule has 0 saturated carbocycles. The van der Waals surface area contributed by atoms with E-state index in [9.17, 15) is 8.78 Å². The van der Waals surface area contributed by atoms with Gasteiger partial charge in [0.2, 0.25) is 0 Å². The highest BCUT2D eigenvalue weighted by Gasteiger charge is 2.16. The SMILES string of the molecule is Cc1cc(C(N)c2cc(F)c(F)cc2Cl)ccc1Br. The summed E-state index contributed by atoms with van der Waals surface area (Å²) in [6, 6.07) is 6.94. The summed E-state index contributed by atoms with van der Waals surface area (Å²) in [5.41, 5.74) is 8.22. The third-order valence-electron chi connectivity index (χ3n) is 2.92. The van der Waals surface area contributed by atoms with E-state index in [1.54, 1.807) is 0 Å². The fourth-order valence-electron chi connectivity index (χ4n) is 1.82. The Balaban J connectivity index is 2.46. The summed E-state index contributed by atoms with van der Waals surface area (Å²) in [5.74, 6) is -1.93. The molecular formula is C14H11BrClF2N. The van der Waals surface area contributed by atoms with Gasteiger partial charge in [-0.1, -0.05) is 39.7 Å². The largest absolute Gasteiger partial charge is 0.320 e. The summed E-state index contributed by atoms with van der Waals surface area (Å²) in [6.07, 6.45) is 0. The Morgan fingerprint density at radius 2 is 1.79 bits per heavy atom. The molecule has 0 amide bonds. The van der Waals surface area contributed by atoms with E-state index in [4.69, 9.17) is 17.3 Å². The Kier molecular flexibility index (Phi) is 4.23. The normalized spacial score (nSPS) is 12.5. The van der Waals surface area contributed by atoms with Crippen molar-refractivity contribution in [2.75, 3.05) is 0 Å². The maximum Gasteiger partial charge on any atom is 0.160 e. The lowest BCUT2D eigenvalue weighted by molar-refractivity contribution is 0.506. The first kappa shape index (κ1) is 14.4. The molecule has 2 N–H and O–H groups in total. The van der Waals surface area contributed by atoms with Gasteiger partial charge in [-0.25, -0.2) is 8.78 Å². The molecule has 0 aromatic heterocycles. The molecular weight excluding hydrogens is 336 g/mol. The van der Waals surface area contributed by atoms with Crippen molar-refractivity contribution in [3.8, 4) is 0 Å². The second-order valence-electron chi connectivity index (χ2n) is 4.27. The highest BCUT2D eigenvalue weighted by Crippen LogP contribution is 2.30. The zero-order valence-corrected chi connectivity index (χ0v) is 12.4. The van der Waals surface area contributed by atoms with Crippen molar-refractivity contribution in [1.29, 1.82) is 0 Å². The lowest BCUT2D eigenvalue weighted by atomic mass is 9.98. The molecule has 2 rings (SSSR count). The van der Waals surface area contributed by atoms with Gasteiger partial charge in [0, 0.05) is 9.50 Å². The molecule has 2 aromatic rings. The van der Waals surface area contributed by atoms with Crippen LogP contribution < -0.4 is 5.73 Å². The van der Waals surface area contributed by atoms with Gasteiger partial charge < -0.3 is 5.73 Å². The Hall–Kier alpha value is -0.970. The number of rotatable bonds is 2. The first-order valence-corrected chi connectivity index (χ1v) is 6.73. The molecule has 1 nitrogen and oxygen atoms in total. The van der Waals surface area contributed by atoms with Crippen LogP contribution in [-0.4, -0.2) is 0 Å². The standard InChI is InChI=1S/C14H11BrClF2N/c1-7-4-8(2-3-10(7)15)14(19)9-5-12(17)13(18)6-11(9)16/h2-6,14H,19H2,1H3. The topological polar surface area (TPSA) is 26.0 Å². The number of nitrogens with two attached hydrogens (primary N) is 1. The molecule has 5 heteroatoms. The fraction of sp³-hybridized carbons (Fsp3) is 0.143. The minimum atomic E-state index is -0.979. The number of benzene rings is 2. The lowest BCUT2D eigenvalue weighted by Gasteiger charge is -2.15. The zero-order chi connectivity index (χ0) is 14.2. The lowest BCUT2D eigenvalue weighted by Crippen LogP contribution is -2.13. The number of aryl methyl sites for hydroxylation is 1. The van der Waals surface area contributed by atoms with Crippen molar-refractivity contribution in [2.45, 2.75) is 13.0 Å². The van der Waals surface area contributed by atoms with E-state index in [1.807, 2.05) is 25.1 Å². The van der Waals surface area contributed by atoms with Crippen LogP contribution in [0.15, 0.2) is 34.8 Å². The zero-order valence-electron chi connectivity index (χ0n) is 10.1. The summed E-state index contributed by atoms with van der Waals surface area (Å²) in [4.78, 5) is 0. The Labute approximate surface area is 123 Å². The maximum atomic E-state index is 13.3. The van der Waals surface area contributed by atoms with Crippen LogP contribution in [0.2, 0.25) is 5.02 Å². The van der Waals surface area contributed by atoms with Gasteiger partial charge in [-0.2, -0.15) is 0 Å². The van der Waals surface area contributed by atoms with Crippen LogP contribution in [0.3, 0.4) is 0 Å². The quantitative estimate of drug-likeness (QED) is 0.781. The molecule has 0 aliphatic carbocycles. The summed E-state index contributed by atoms with van der Waals surface area (Å²) in [5, 5.41) is 0.118. The minimum Gasteiger partial charge on any atom is -0.320 e. The van der Waals surface area contributed by atoms with Gasteiger partial charge in [0.05, 0.1) is 6.04 Å². The van der Waals surface area contributed by atoms with Crippen LogP contribution in [-0.2, 0) is 0 Å². The summed E-state index contributed by atoms with van der Waals surface area (Å²) < 4.78 is 27.3. The van der Waals surface area contributed by atoms with E-state index in [0.29, 0.717) is 5.56 Å². The molecule has 100 valence electrons. The predicted molar refractivity (Wildman–Crippen MR) is 76.3 cm³/mol. The van der Waals surface area contributed by atoms with Crippen LogP contribution in [0.25, 0.3) is 0 Å². The van der Waals surface area contributed by atoms with Gasteiger partial charge in [-0.05, 0) is 41.8 Å². The molecule has 0 spiro atoms. The minimum absolute atomic E-state index is 0.118. The van der Waals surface area contributed by atoms with Gasteiger partial charge in [0.25, 0.3) is 0 Å². The van der Waals surface area contributed by atoms with Gasteiger partial charge in [-0.3, -0.25) is 0 Å². The molecule has 0 aliphatic rings. The molecule has 0 aliphatic heterocycles. The molecule has 0 radical (unpaired) electrons. The number of halogens is 4. The average Bonchev–Trinajstić information content (AvgIpc) is 2.36. The monoisotopic (exact) mass is 345 g/mol. The predicted octanol–water partition coefficient (Wildman–Crippen LogP) is 4.74. The van der Waals surface area contributed by atoms with E-state index in [2.05, 4.69) is 15.9 Å². The van der Waals surface area contributed by atoms with Crippen LogP contribution in [0.5, 0.6) is 0 Å². The van der Waals surface area contributed by atoms with Crippen LogP contribution in [0.4, 0.5) is 8.78 Å². The van der Waals surface area contributed by atoms with Gasteiger partial charge in [-0.15, -0.1) is 0 Å². The van der Waals surface area contributed by atoms with Crippen LogP contribution in [0, 0.1) is 18.6 Å². The highest BCUT2D eigenvalue weighted by atomic mass is 79.9. The van der Waals surface area contributed by atoms with Gasteiger partial charge in [0.1, 0.15) is 0 Å². The van der Waals surface area contributed by atoms with Gasteiger partial charge >= 0.3 is 0 Å². The number of hydrogen-bond acceptors (Lipinski definition) is 1. The van der Waals surface area contributed by atoms with Gasteiger partial charge in [0.15, 0.2) is 11.6 Å². The first-order valence-electron chi connectivity index (χ1n) is 5.56. The van der Waals surface area contributed by atoms with Crippen molar-refractivity contribution in [3.63, 3.8) is 0 Å². The second-order valence-corrected chi connectivity index (χ2v) is 5.54. The van der Waals surface area contributed by atoms with Crippen molar-refractivity contribution < 1.29 is 8.78 Å². The van der Waals surface area contributed by atoms with E-state index < -0.39 is 17.7 Å². The Bertz CT molecular complexity index is 631. The van der Waals surface area contributed by atoms with E-state index >= 15 is 0 Å². The molecule has 0 saturated heterocycles. The summed E-state index contributed by atoms with van der Waals surface area (Å²) in [6.45, 7) is 1.92. The molecule has 19 heavy (non-hydrogen) atoms. The molecule has 1 atom stereocenters. The summed E-state index contributed by atoms with van der Waals surface area (Å²) in [7, 11) is 0. The second kappa shape index (κ2) is 5.57. The van der Waals surface area contributed by atoms with Crippen molar-refractivity contribution in [3.05, 3.63) is 68.2 Å².